The third-order valence-electron chi connectivity index (χ3n) is 2.28. The van der Waals surface area contributed by atoms with E-state index in [1.54, 1.807) is 6.92 Å². The van der Waals surface area contributed by atoms with E-state index in [1.807, 2.05) is 0 Å². The van der Waals surface area contributed by atoms with Crippen molar-refractivity contribution in [1.82, 2.24) is 5.32 Å². The summed E-state index contributed by atoms with van der Waals surface area (Å²) in [5, 5.41) is 13.1. The number of hydrogen-bond acceptors (Lipinski definition) is 5. The molecular formula is C10H10ClFN2O5S. The fourth-order valence-corrected chi connectivity index (χ4v) is 2.29. The fraction of sp³-hybridized carbons (Fsp3) is 0.300. The Balaban J connectivity index is 3.45. The number of halogens is 2. The van der Waals surface area contributed by atoms with Crippen LogP contribution in [0.4, 0.5) is 10.1 Å². The van der Waals surface area contributed by atoms with E-state index in [9.17, 15) is 27.7 Å². The Bertz CT molecular complexity index is 662. The molecule has 1 amide bonds. The third-order valence-corrected chi connectivity index (χ3v) is 3.60. The monoisotopic (exact) mass is 324 g/mol. The minimum atomic E-state index is -4.55. The van der Waals surface area contributed by atoms with E-state index in [4.69, 9.17) is 10.7 Å². The van der Waals surface area contributed by atoms with Gasteiger partial charge in [-0.2, -0.15) is 4.39 Å². The molecule has 110 valence electrons. The van der Waals surface area contributed by atoms with Gasteiger partial charge in [-0.15, -0.1) is 0 Å². The Hall–Kier alpha value is -1.74. The molecule has 7 nitrogen and oxygen atoms in total. The van der Waals surface area contributed by atoms with Crippen LogP contribution >= 0.6 is 10.7 Å². The van der Waals surface area contributed by atoms with Gasteiger partial charge < -0.3 is 5.32 Å². The van der Waals surface area contributed by atoms with Crippen molar-refractivity contribution < 1.29 is 22.5 Å². The highest BCUT2D eigenvalue weighted by Crippen LogP contribution is 2.28. The summed E-state index contributed by atoms with van der Waals surface area (Å²) in [6.07, 6.45) is 0.607. The lowest BCUT2D eigenvalue weighted by Crippen LogP contribution is -2.24. The smallest absolute Gasteiger partial charge is 0.307 e. The summed E-state index contributed by atoms with van der Waals surface area (Å²) in [6, 6.07) is 1.32. The van der Waals surface area contributed by atoms with Gasteiger partial charge in [-0.3, -0.25) is 14.9 Å². The highest BCUT2D eigenvalue weighted by Gasteiger charge is 2.28. The topological polar surface area (TPSA) is 106 Å². The second-order valence-corrected chi connectivity index (χ2v) is 6.29. The van der Waals surface area contributed by atoms with Crippen LogP contribution in [0.25, 0.3) is 0 Å². The van der Waals surface area contributed by atoms with Crippen molar-refractivity contribution in [2.24, 2.45) is 0 Å². The van der Waals surface area contributed by atoms with E-state index in [1.165, 1.54) is 0 Å². The molecule has 0 aliphatic rings. The maximum Gasteiger partial charge on any atom is 0.307 e. The van der Waals surface area contributed by atoms with Gasteiger partial charge in [0, 0.05) is 28.9 Å². The first kappa shape index (κ1) is 16.3. The number of amides is 1. The highest BCUT2D eigenvalue weighted by atomic mass is 35.7. The van der Waals surface area contributed by atoms with Crippen molar-refractivity contribution in [1.29, 1.82) is 0 Å². The molecule has 10 heteroatoms. The zero-order valence-electron chi connectivity index (χ0n) is 10.2. The lowest BCUT2D eigenvalue weighted by atomic mass is 10.2. The van der Waals surface area contributed by atoms with Crippen molar-refractivity contribution in [2.45, 2.75) is 18.2 Å². The lowest BCUT2D eigenvalue weighted by Gasteiger charge is -2.06. The summed E-state index contributed by atoms with van der Waals surface area (Å²) >= 11 is 0. The predicted octanol–water partition coefficient (Wildman–Crippen LogP) is 1.80. The van der Waals surface area contributed by atoms with E-state index < -0.39 is 36.3 Å². The van der Waals surface area contributed by atoms with Crippen LogP contribution in [0.15, 0.2) is 17.0 Å². The minimum Gasteiger partial charge on any atom is -0.352 e. The van der Waals surface area contributed by atoms with Crippen molar-refractivity contribution in [3.8, 4) is 0 Å². The Morgan fingerprint density at radius 2 is 2.10 bits per heavy atom. The largest absolute Gasteiger partial charge is 0.352 e. The van der Waals surface area contributed by atoms with Crippen LogP contribution in [0.1, 0.15) is 23.7 Å². The number of carbonyl (C=O) groups is 1. The number of carbonyl (C=O) groups excluding carboxylic acids is 1. The predicted molar refractivity (Wildman–Crippen MR) is 68.7 cm³/mol. The van der Waals surface area contributed by atoms with Crippen LogP contribution in [0.3, 0.4) is 0 Å². The van der Waals surface area contributed by atoms with E-state index in [0.717, 1.165) is 0 Å². The zero-order chi connectivity index (χ0) is 15.5. The van der Waals surface area contributed by atoms with Crippen molar-refractivity contribution in [3.63, 3.8) is 0 Å². The van der Waals surface area contributed by atoms with Crippen molar-refractivity contribution in [2.75, 3.05) is 6.54 Å². The second-order valence-electron chi connectivity index (χ2n) is 3.76. The molecule has 1 aromatic carbocycles. The Morgan fingerprint density at radius 1 is 1.50 bits per heavy atom. The molecule has 0 saturated carbocycles. The number of rotatable bonds is 5. The first-order chi connectivity index (χ1) is 9.18. The molecule has 0 heterocycles. The minimum absolute atomic E-state index is 0.285. The molecule has 0 aliphatic heterocycles. The van der Waals surface area contributed by atoms with Gasteiger partial charge in [-0.1, -0.05) is 6.92 Å². The van der Waals surface area contributed by atoms with Crippen LogP contribution in [0.5, 0.6) is 0 Å². The SMILES string of the molecule is CCCNC(=O)c1cc([N+](=O)[O-])c(F)c(S(=O)(=O)Cl)c1. The molecule has 0 aromatic heterocycles. The quantitative estimate of drug-likeness (QED) is 0.505. The summed E-state index contributed by atoms with van der Waals surface area (Å²) in [4.78, 5) is 20.1. The number of benzene rings is 1. The molecule has 0 radical (unpaired) electrons. The molecule has 0 atom stereocenters. The Kier molecular flexibility index (Phi) is 5.01. The van der Waals surface area contributed by atoms with Crippen LogP contribution in [0, 0.1) is 15.9 Å². The first-order valence-electron chi connectivity index (χ1n) is 5.39. The standard InChI is InChI=1S/C10H10ClFN2O5S/c1-2-3-13-10(15)6-4-7(14(16)17)9(12)8(5-6)20(11,18)19/h4-5H,2-3H2,1H3,(H,13,15). The maximum absolute atomic E-state index is 13.7. The molecule has 20 heavy (non-hydrogen) atoms. The van der Waals surface area contributed by atoms with Crippen LogP contribution in [0.2, 0.25) is 0 Å². The summed E-state index contributed by atoms with van der Waals surface area (Å²) in [5.41, 5.74) is -1.49. The molecule has 0 spiro atoms. The highest BCUT2D eigenvalue weighted by molar-refractivity contribution is 8.13. The zero-order valence-corrected chi connectivity index (χ0v) is 11.8. The summed E-state index contributed by atoms with van der Waals surface area (Å²) < 4.78 is 36.1. The Labute approximate surface area is 118 Å². The van der Waals surface area contributed by atoms with Gasteiger partial charge in [0.25, 0.3) is 15.0 Å². The molecule has 0 aliphatic carbocycles. The molecular weight excluding hydrogens is 315 g/mol. The number of hydrogen-bond donors (Lipinski definition) is 1. The molecule has 0 unspecified atom stereocenters. The molecule has 0 bridgehead atoms. The normalized spacial score (nSPS) is 11.2. The van der Waals surface area contributed by atoms with Gasteiger partial charge >= 0.3 is 5.69 Å². The summed E-state index contributed by atoms with van der Waals surface area (Å²) in [7, 11) is 0.446. The summed E-state index contributed by atoms with van der Waals surface area (Å²) in [5.74, 6) is -2.35. The molecule has 1 N–H and O–H groups in total. The first-order valence-corrected chi connectivity index (χ1v) is 7.70. The van der Waals surface area contributed by atoms with Crippen molar-refractivity contribution >= 4 is 31.3 Å². The summed E-state index contributed by atoms with van der Waals surface area (Å²) in [6.45, 7) is 2.06. The van der Waals surface area contributed by atoms with Gasteiger partial charge in [-0.25, -0.2) is 8.42 Å². The Morgan fingerprint density at radius 3 is 2.55 bits per heavy atom. The lowest BCUT2D eigenvalue weighted by molar-refractivity contribution is -0.387. The van der Waals surface area contributed by atoms with E-state index in [2.05, 4.69) is 5.32 Å². The van der Waals surface area contributed by atoms with Gasteiger partial charge in [-0.05, 0) is 12.5 Å². The average Bonchev–Trinajstić information content (AvgIpc) is 2.34. The fourth-order valence-electron chi connectivity index (χ4n) is 1.37. The second kappa shape index (κ2) is 6.14. The molecule has 0 fully saturated rings. The van der Waals surface area contributed by atoms with Gasteiger partial charge in [0.15, 0.2) is 0 Å². The number of nitrogens with one attached hydrogen (secondary N) is 1. The van der Waals surface area contributed by atoms with Gasteiger partial charge in [0.05, 0.1) is 4.92 Å². The van der Waals surface area contributed by atoms with E-state index in [-0.39, 0.29) is 12.1 Å². The molecule has 0 saturated heterocycles. The van der Waals surface area contributed by atoms with Crippen molar-refractivity contribution in [3.05, 3.63) is 33.6 Å². The van der Waals surface area contributed by atoms with Crippen LogP contribution in [-0.2, 0) is 9.05 Å². The number of nitro benzene ring substituents is 1. The van der Waals surface area contributed by atoms with Crippen LogP contribution in [-0.4, -0.2) is 25.8 Å². The number of nitro groups is 1. The molecule has 1 rings (SSSR count). The third kappa shape index (κ3) is 3.64. The maximum atomic E-state index is 13.7. The van der Waals surface area contributed by atoms with Gasteiger partial charge in [0.1, 0.15) is 4.90 Å². The average molecular weight is 325 g/mol. The molecule has 1 aromatic rings. The van der Waals surface area contributed by atoms with Crippen LogP contribution < -0.4 is 5.32 Å². The van der Waals surface area contributed by atoms with Gasteiger partial charge in [0.2, 0.25) is 5.82 Å². The van der Waals surface area contributed by atoms with E-state index in [0.29, 0.717) is 18.6 Å². The van der Waals surface area contributed by atoms with E-state index >= 15 is 0 Å². The number of nitrogens with zero attached hydrogens (tertiary/aromatic N) is 1.